The van der Waals surface area contributed by atoms with Crippen LogP contribution in [0.25, 0.3) is 0 Å². The van der Waals surface area contributed by atoms with Gasteiger partial charge < -0.3 is 10.6 Å². The van der Waals surface area contributed by atoms with Crippen molar-refractivity contribution in [2.24, 2.45) is 0 Å². The van der Waals surface area contributed by atoms with Crippen molar-refractivity contribution < 1.29 is 4.79 Å². The molecule has 3 rings (SSSR count). The molecular formula is C22H28N2O. The number of aryl methyl sites for hydroxylation is 2. The highest BCUT2D eigenvalue weighted by Crippen LogP contribution is 2.25. The molecule has 0 radical (unpaired) electrons. The molecule has 132 valence electrons. The van der Waals surface area contributed by atoms with Gasteiger partial charge in [-0.1, -0.05) is 31.0 Å². The smallest absolute Gasteiger partial charge is 0.221 e. The summed E-state index contributed by atoms with van der Waals surface area (Å²) in [7, 11) is 0. The maximum atomic E-state index is 11.2. The van der Waals surface area contributed by atoms with Crippen molar-refractivity contribution in [3.8, 4) is 0 Å². The molecule has 2 N–H and O–H groups in total. The van der Waals surface area contributed by atoms with E-state index in [0.717, 1.165) is 17.7 Å². The molecule has 0 bridgehead atoms. The summed E-state index contributed by atoms with van der Waals surface area (Å²) < 4.78 is 0. The molecule has 1 fully saturated rings. The molecule has 0 aliphatic heterocycles. The first-order valence-corrected chi connectivity index (χ1v) is 9.24. The van der Waals surface area contributed by atoms with Gasteiger partial charge in [0.25, 0.3) is 0 Å². The Hall–Kier alpha value is -2.29. The third-order valence-electron chi connectivity index (χ3n) is 5.06. The van der Waals surface area contributed by atoms with Gasteiger partial charge in [-0.3, -0.25) is 4.79 Å². The molecule has 3 heteroatoms. The van der Waals surface area contributed by atoms with Gasteiger partial charge in [0, 0.05) is 24.3 Å². The minimum Gasteiger partial charge on any atom is -0.382 e. The summed E-state index contributed by atoms with van der Waals surface area (Å²) in [6, 6.07) is 13.6. The number of rotatable bonds is 5. The Morgan fingerprint density at radius 2 is 1.80 bits per heavy atom. The molecule has 0 heterocycles. The summed E-state index contributed by atoms with van der Waals surface area (Å²) in [4.78, 5) is 11.2. The van der Waals surface area contributed by atoms with Crippen molar-refractivity contribution in [1.29, 1.82) is 0 Å². The van der Waals surface area contributed by atoms with Crippen molar-refractivity contribution in [2.75, 3.05) is 10.6 Å². The van der Waals surface area contributed by atoms with Crippen molar-refractivity contribution >= 4 is 17.3 Å². The van der Waals surface area contributed by atoms with E-state index >= 15 is 0 Å². The maximum absolute atomic E-state index is 11.2. The normalized spacial score (nSPS) is 14.5. The fraction of sp³-hybridized carbons (Fsp3) is 0.409. The van der Waals surface area contributed by atoms with Crippen LogP contribution in [-0.2, 0) is 11.2 Å². The quantitative estimate of drug-likeness (QED) is 0.787. The van der Waals surface area contributed by atoms with E-state index in [0.29, 0.717) is 6.04 Å². The van der Waals surface area contributed by atoms with E-state index in [-0.39, 0.29) is 5.91 Å². The van der Waals surface area contributed by atoms with Gasteiger partial charge in [0.15, 0.2) is 0 Å². The molecule has 0 spiro atoms. The fourth-order valence-corrected chi connectivity index (χ4v) is 3.68. The average molecular weight is 336 g/mol. The second-order valence-electron chi connectivity index (χ2n) is 7.27. The lowest BCUT2D eigenvalue weighted by atomic mass is 9.98. The van der Waals surface area contributed by atoms with Crippen LogP contribution in [0.4, 0.5) is 11.4 Å². The Balaban J connectivity index is 1.69. The number of carbonyl (C=O) groups is 1. The van der Waals surface area contributed by atoms with E-state index < -0.39 is 0 Å². The second-order valence-corrected chi connectivity index (χ2v) is 7.27. The lowest BCUT2D eigenvalue weighted by Crippen LogP contribution is -2.14. The number of benzene rings is 2. The molecular weight excluding hydrogens is 308 g/mol. The number of hydrogen-bond acceptors (Lipinski definition) is 2. The summed E-state index contributed by atoms with van der Waals surface area (Å²) in [5.74, 6) is -0.0305. The minimum absolute atomic E-state index is 0.0305. The van der Waals surface area contributed by atoms with Crippen LogP contribution in [0.15, 0.2) is 36.4 Å². The van der Waals surface area contributed by atoms with Gasteiger partial charge in [-0.15, -0.1) is 0 Å². The van der Waals surface area contributed by atoms with Gasteiger partial charge in [-0.2, -0.15) is 0 Å². The lowest BCUT2D eigenvalue weighted by Gasteiger charge is -2.16. The standard InChI is InChI=1S/C22H28N2O/c1-15-13-21(24-20-6-4-5-7-20)10-9-19(15)14-18-8-11-22(16(2)12-18)23-17(3)25/h8-13,20,24H,4-7,14H2,1-3H3,(H,23,25). The second kappa shape index (κ2) is 7.73. The monoisotopic (exact) mass is 336 g/mol. The highest BCUT2D eigenvalue weighted by atomic mass is 16.1. The third-order valence-corrected chi connectivity index (χ3v) is 5.06. The predicted octanol–water partition coefficient (Wildman–Crippen LogP) is 5.21. The van der Waals surface area contributed by atoms with Gasteiger partial charge >= 0.3 is 0 Å². The third kappa shape index (κ3) is 4.62. The molecule has 1 saturated carbocycles. The first-order chi connectivity index (χ1) is 12.0. The van der Waals surface area contributed by atoms with Gasteiger partial charge in [-0.05, 0) is 73.6 Å². The Morgan fingerprint density at radius 3 is 2.44 bits per heavy atom. The molecule has 0 aromatic heterocycles. The van der Waals surface area contributed by atoms with E-state index in [9.17, 15) is 4.79 Å². The van der Waals surface area contributed by atoms with Crippen LogP contribution in [0.3, 0.4) is 0 Å². The summed E-state index contributed by atoms with van der Waals surface area (Å²) in [6.07, 6.45) is 6.20. The van der Waals surface area contributed by atoms with Crippen LogP contribution in [0.5, 0.6) is 0 Å². The first kappa shape index (κ1) is 17.5. The molecule has 2 aromatic carbocycles. The predicted molar refractivity (Wildman–Crippen MR) is 105 cm³/mol. The van der Waals surface area contributed by atoms with Gasteiger partial charge in [0.05, 0.1) is 0 Å². The SMILES string of the molecule is CC(=O)Nc1ccc(Cc2ccc(NC3CCCC3)cc2C)cc1C. The van der Waals surface area contributed by atoms with Crippen molar-refractivity contribution in [3.05, 3.63) is 58.7 Å². The Morgan fingerprint density at radius 1 is 1.04 bits per heavy atom. The maximum Gasteiger partial charge on any atom is 0.221 e. The number of anilines is 2. The molecule has 1 amide bonds. The van der Waals surface area contributed by atoms with E-state index in [2.05, 4.69) is 47.9 Å². The van der Waals surface area contributed by atoms with Crippen LogP contribution in [-0.4, -0.2) is 11.9 Å². The summed E-state index contributed by atoms with van der Waals surface area (Å²) in [5, 5.41) is 6.54. The van der Waals surface area contributed by atoms with Crippen LogP contribution in [0.1, 0.15) is 54.9 Å². The molecule has 0 saturated heterocycles. The fourth-order valence-electron chi connectivity index (χ4n) is 3.68. The molecule has 25 heavy (non-hydrogen) atoms. The van der Waals surface area contributed by atoms with E-state index in [1.165, 1.54) is 55.0 Å². The Labute approximate surface area is 150 Å². The van der Waals surface area contributed by atoms with E-state index in [1.54, 1.807) is 0 Å². The van der Waals surface area contributed by atoms with Crippen LogP contribution < -0.4 is 10.6 Å². The summed E-state index contributed by atoms with van der Waals surface area (Å²) in [5.41, 5.74) is 7.18. The summed E-state index contributed by atoms with van der Waals surface area (Å²) >= 11 is 0. The first-order valence-electron chi connectivity index (χ1n) is 9.24. The van der Waals surface area contributed by atoms with Gasteiger partial charge in [0.1, 0.15) is 0 Å². The van der Waals surface area contributed by atoms with Crippen LogP contribution >= 0.6 is 0 Å². The molecule has 3 nitrogen and oxygen atoms in total. The molecule has 1 aliphatic rings. The minimum atomic E-state index is -0.0305. The zero-order chi connectivity index (χ0) is 17.8. The molecule has 0 atom stereocenters. The molecule has 1 aliphatic carbocycles. The molecule has 0 unspecified atom stereocenters. The number of nitrogens with one attached hydrogen (secondary N) is 2. The Kier molecular flexibility index (Phi) is 5.42. The largest absolute Gasteiger partial charge is 0.382 e. The average Bonchev–Trinajstić information content (AvgIpc) is 3.05. The van der Waals surface area contributed by atoms with Gasteiger partial charge in [-0.25, -0.2) is 0 Å². The van der Waals surface area contributed by atoms with E-state index in [4.69, 9.17) is 0 Å². The van der Waals surface area contributed by atoms with Crippen LogP contribution in [0.2, 0.25) is 0 Å². The Bertz CT molecular complexity index is 761. The topological polar surface area (TPSA) is 41.1 Å². The number of amides is 1. The highest BCUT2D eigenvalue weighted by Gasteiger charge is 2.14. The van der Waals surface area contributed by atoms with Gasteiger partial charge in [0.2, 0.25) is 5.91 Å². The van der Waals surface area contributed by atoms with Crippen molar-refractivity contribution in [3.63, 3.8) is 0 Å². The van der Waals surface area contributed by atoms with Crippen molar-refractivity contribution in [1.82, 2.24) is 0 Å². The van der Waals surface area contributed by atoms with Crippen molar-refractivity contribution in [2.45, 2.75) is 58.9 Å². The lowest BCUT2D eigenvalue weighted by molar-refractivity contribution is -0.114. The number of hydrogen-bond donors (Lipinski definition) is 2. The zero-order valence-electron chi connectivity index (χ0n) is 15.5. The number of carbonyl (C=O) groups excluding carboxylic acids is 1. The summed E-state index contributed by atoms with van der Waals surface area (Å²) in [6.45, 7) is 5.77. The molecule has 2 aromatic rings. The van der Waals surface area contributed by atoms with Crippen LogP contribution in [0, 0.1) is 13.8 Å². The van der Waals surface area contributed by atoms with E-state index in [1.807, 2.05) is 13.0 Å². The highest BCUT2D eigenvalue weighted by molar-refractivity contribution is 5.89. The zero-order valence-corrected chi connectivity index (χ0v) is 15.5.